The van der Waals surface area contributed by atoms with Crippen molar-refractivity contribution in [3.8, 4) is 0 Å². The molecule has 2 fully saturated rings. The number of methoxy groups -OCH3 is 1. The van der Waals surface area contributed by atoms with Gasteiger partial charge in [0, 0.05) is 7.11 Å². The molecule has 0 aromatic carbocycles. The van der Waals surface area contributed by atoms with E-state index < -0.39 is 68.3 Å². The summed E-state index contributed by atoms with van der Waals surface area (Å²) < 4.78 is 20.8. The van der Waals surface area contributed by atoms with E-state index in [4.69, 9.17) is 18.9 Å². The van der Waals surface area contributed by atoms with E-state index in [1.165, 1.54) is 7.11 Å². The van der Waals surface area contributed by atoms with Gasteiger partial charge in [-0.3, -0.25) is 0 Å². The summed E-state index contributed by atoms with van der Waals surface area (Å²) in [6.45, 7) is -0.0769. The zero-order chi connectivity index (χ0) is 17.1. The predicted octanol–water partition coefficient (Wildman–Crippen LogP) is -6.90. The SMILES string of the molecule is COC1C(O)C(CO)OC(OC2C(CO)O[CH-]C(O)C2O)C1O.[K+]. The number of ether oxygens (including phenoxy) is 4. The minimum absolute atomic E-state index is 0. The van der Waals surface area contributed by atoms with Crippen LogP contribution in [0.4, 0.5) is 0 Å². The fraction of sp³-hybridized carbons (Fsp3) is 0.923. The van der Waals surface area contributed by atoms with E-state index in [2.05, 4.69) is 0 Å². The van der Waals surface area contributed by atoms with E-state index in [-0.39, 0.29) is 51.4 Å². The van der Waals surface area contributed by atoms with Crippen LogP contribution in [0, 0.1) is 6.61 Å². The average Bonchev–Trinajstić information content (AvgIpc) is 2.54. The molecule has 10 nitrogen and oxygen atoms in total. The molecule has 6 N–H and O–H groups in total. The van der Waals surface area contributed by atoms with Crippen molar-refractivity contribution in [2.75, 3.05) is 20.3 Å². The van der Waals surface area contributed by atoms with Crippen LogP contribution in [-0.2, 0) is 18.9 Å². The fourth-order valence-corrected chi connectivity index (χ4v) is 2.67. The van der Waals surface area contributed by atoms with Crippen LogP contribution in [0.3, 0.4) is 0 Å². The Morgan fingerprint density at radius 2 is 1.54 bits per heavy atom. The maximum absolute atomic E-state index is 10.2. The summed E-state index contributed by atoms with van der Waals surface area (Å²) in [5, 5.41) is 58.2. The van der Waals surface area contributed by atoms with E-state index >= 15 is 0 Å². The third kappa shape index (κ3) is 4.94. The Labute approximate surface area is 181 Å². The first-order chi connectivity index (χ1) is 10.9. The van der Waals surface area contributed by atoms with Crippen LogP contribution in [0.5, 0.6) is 0 Å². The molecule has 9 atom stereocenters. The first-order valence-corrected chi connectivity index (χ1v) is 7.21. The van der Waals surface area contributed by atoms with Gasteiger partial charge in [0.25, 0.3) is 0 Å². The molecule has 9 unspecified atom stereocenters. The molecule has 2 heterocycles. The molecular formula is C13H23KO10. The van der Waals surface area contributed by atoms with Crippen LogP contribution < -0.4 is 51.4 Å². The quantitative estimate of drug-likeness (QED) is 0.201. The second kappa shape index (κ2) is 10.5. The van der Waals surface area contributed by atoms with E-state index in [1.807, 2.05) is 0 Å². The Morgan fingerprint density at radius 1 is 0.917 bits per heavy atom. The van der Waals surface area contributed by atoms with Crippen LogP contribution in [0.15, 0.2) is 0 Å². The Kier molecular flexibility index (Phi) is 10.2. The van der Waals surface area contributed by atoms with Crippen molar-refractivity contribution < 1.29 is 101 Å². The van der Waals surface area contributed by atoms with Gasteiger partial charge in [-0.15, -0.1) is 0 Å². The van der Waals surface area contributed by atoms with Gasteiger partial charge in [0.15, 0.2) is 6.29 Å². The summed E-state index contributed by atoms with van der Waals surface area (Å²) in [4.78, 5) is 0. The molecule has 0 radical (unpaired) electrons. The summed E-state index contributed by atoms with van der Waals surface area (Å²) in [5.41, 5.74) is 0. The fourth-order valence-electron chi connectivity index (χ4n) is 2.67. The Morgan fingerprint density at radius 3 is 2.08 bits per heavy atom. The van der Waals surface area contributed by atoms with Gasteiger partial charge in [0.2, 0.25) is 0 Å². The molecule has 136 valence electrons. The van der Waals surface area contributed by atoms with Gasteiger partial charge in [0.1, 0.15) is 30.5 Å². The second-order valence-corrected chi connectivity index (χ2v) is 5.48. The van der Waals surface area contributed by atoms with Crippen molar-refractivity contribution in [3.05, 3.63) is 6.61 Å². The number of aliphatic hydroxyl groups is 6. The minimum Gasteiger partial charge on any atom is -0.544 e. The zero-order valence-electron chi connectivity index (χ0n) is 13.5. The van der Waals surface area contributed by atoms with E-state index in [9.17, 15) is 30.6 Å². The summed E-state index contributed by atoms with van der Waals surface area (Å²) >= 11 is 0. The van der Waals surface area contributed by atoms with Gasteiger partial charge in [-0.25, -0.2) is 0 Å². The molecular weight excluding hydrogens is 355 g/mol. The molecule has 24 heavy (non-hydrogen) atoms. The molecule has 0 saturated carbocycles. The van der Waals surface area contributed by atoms with Gasteiger partial charge < -0.3 is 49.6 Å². The van der Waals surface area contributed by atoms with Crippen molar-refractivity contribution >= 4 is 0 Å². The van der Waals surface area contributed by atoms with Crippen LogP contribution in [0.1, 0.15) is 0 Å². The number of hydrogen-bond donors (Lipinski definition) is 6. The van der Waals surface area contributed by atoms with E-state index in [1.54, 1.807) is 0 Å². The third-order valence-electron chi connectivity index (χ3n) is 4.01. The maximum atomic E-state index is 10.2. The predicted molar refractivity (Wildman–Crippen MR) is 71.7 cm³/mol. The molecule has 11 heteroatoms. The topological polar surface area (TPSA) is 158 Å². The number of rotatable bonds is 5. The summed E-state index contributed by atoms with van der Waals surface area (Å²) in [5.74, 6) is 0. The van der Waals surface area contributed by atoms with Crippen LogP contribution in [-0.4, -0.2) is 106 Å². The van der Waals surface area contributed by atoms with Crippen molar-refractivity contribution in [2.45, 2.75) is 55.1 Å². The van der Waals surface area contributed by atoms with Crippen molar-refractivity contribution in [1.29, 1.82) is 0 Å². The standard InChI is InChI=1S/C13H23O10.K/c1-20-12-9(18)6(2-14)22-13(10(12)19)23-11-7(3-15)21-4-5(16)8(11)17;/h4-19H,2-3H2,1H3;/q-1;+1. The average molecular weight is 378 g/mol. The van der Waals surface area contributed by atoms with Gasteiger partial charge in [-0.2, -0.15) is 6.61 Å². The second-order valence-electron chi connectivity index (χ2n) is 5.48. The van der Waals surface area contributed by atoms with Crippen molar-refractivity contribution in [2.24, 2.45) is 0 Å². The van der Waals surface area contributed by atoms with Crippen LogP contribution in [0.25, 0.3) is 0 Å². The summed E-state index contributed by atoms with van der Waals surface area (Å²) in [6.07, 6.45) is -11.2. The minimum atomic E-state index is -1.42. The molecule has 2 rings (SSSR count). The number of hydrogen-bond acceptors (Lipinski definition) is 10. The van der Waals surface area contributed by atoms with Crippen molar-refractivity contribution in [1.82, 2.24) is 0 Å². The zero-order valence-corrected chi connectivity index (χ0v) is 16.6. The van der Waals surface area contributed by atoms with E-state index in [0.29, 0.717) is 0 Å². The molecule has 0 aromatic heterocycles. The first-order valence-electron chi connectivity index (χ1n) is 7.21. The van der Waals surface area contributed by atoms with Gasteiger partial charge in [-0.05, 0) is 6.10 Å². The summed E-state index contributed by atoms with van der Waals surface area (Å²) in [6, 6.07) is 0. The molecule has 2 aliphatic rings. The Balaban J connectivity index is 0.00000288. The molecule has 0 amide bonds. The summed E-state index contributed by atoms with van der Waals surface area (Å²) in [7, 11) is 1.27. The van der Waals surface area contributed by atoms with Gasteiger partial charge in [0.05, 0.1) is 25.4 Å². The molecule has 2 saturated heterocycles. The Bertz CT molecular complexity index is 373. The molecule has 0 aliphatic carbocycles. The monoisotopic (exact) mass is 378 g/mol. The van der Waals surface area contributed by atoms with Crippen molar-refractivity contribution in [3.63, 3.8) is 0 Å². The third-order valence-corrected chi connectivity index (χ3v) is 4.01. The normalized spacial score (nSPS) is 46.4. The van der Waals surface area contributed by atoms with Crippen LogP contribution in [0.2, 0.25) is 0 Å². The number of aliphatic hydroxyl groups excluding tert-OH is 6. The molecule has 0 aromatic rings. The van der Waals surface area contributed by atoms with Gasteiger partial charge in [-0.1, -0.05) is 0 Å². The molecule has 2 aliphatic heterocycles. The van der Waals surface area contributed by atoms with Gasteiger partial charge >= 0.3 is 51.4 Å². The van der Waals surface area contributed by atoms with Crippen LogP contribution >= 0.6 is 0 Å². The smallest absolute Gasteiger partial charge is 0.544 e. The molecule has 0 bridgehead atoms. The largest absolute Gasteiger partial charge is 1.00 e. The van der Waals surface area contributed by atoms with E-state index in [0.717, 1.165) is 6.61 Å². The molecule has 0 spiro atoms. The maximum Gasteiger partial charge on any atom is 1.00 e. The Hall–Kier alpha value is 1.24. The first kappa shape index (κ1) is 23.3.